The van der Waals surface area contributed by atoms with Crippen molar-refractivity contribution >= 4 is 52.5 Å². The molecule has 0 aliphatic carbocycles. The Morgan fingerprint density at radius 1 is 0.967 bits per heavy atom. The fraction of sp³-hybridized carbons (Fsp3) is 0.0435. The highest BCUT2D eigenvalue weighted by Gasteiger charge is 2.11. The van der Waals surface area contributed by atoms with Crippen LogP contribution in [0.4, 0.5) is 5.69 Å². The first kappa shape index (κ1) is 21.7. The van der Waals surface area contributed by atoms with Crippen LogP contribution in [0.15, 0.2) is 72.3 Å². The van der Waals surface area contributed by atoms with Crippen LogP contribution in [0.3, 0.4) is 0 Å². The highest BCUT2D eigenvalue weighted by molar-refractivity contribution is 6.35. The van der Waals surface area contributed by atoms with Crippen LogP contribution in [0.2, 0.25) is 15.1 Å². The summed E-state index contributed by atoms with van der Waals surface area (Å²) < 4.78 is 5.79. The Balaban J connectivity index is 1.72. The van der Waals surface area contributed by atoms with E-state index in [4.69, 9.17) is 39.5 Å². The minimum atomic E-state index is -0.566. The summed E-state index contributed by atoms with van der Waals surface area (Å²) in [6.07, 6.45) is 1.48. The van der Waals surface area contributed by atoms with E-state index in [1.165, 1.54) is 6.08 Å². The first-order valence-corrected chi connectivity index (χ1v) is 9.93. The standard InChI is InChI=1S/C23H15Cl3N2O2/c24-18-6-4-15(5-7-18)14-30-22-3-1-2-16(9-22)8-17(13-27)23(29)28-21-11-19(25)10-20(26)12-21/h1-12H,14H2,(H,28,29)/b17-8+. The molecule has 3 aromatic rings. The normalized spacial score (nSPS) is 10.9. The van der Waals surface area contributed by atoms with Crippen LogP contribution in [0.25, 0.3) is 6.08 Å². The number of nitrogens with one attached hydrogen (secondary N) is 1. The average molecular weight is 458 g/mol. The Kier molecular flexibility index (Phi) is 7.37. The molecule has 0 aliphatic heterocycles. The number of ether oxygens (including phenoxy) is 1. The Hall–Kier alpha value is -2.97. The van der Waals surface area contributed by atoms with E-state index in [9.17, 15) is 10.1 Å². The molecule has 3 aromatic carbocycles. The number of benzene rings is 3. The molecule has 0 radical (unpaired) electrons. The first-order chi connectivity index (χ1) is 14.4. The predicted octanol–water partition coefficient (Wildman–Crippen LogP) is 6.77. The monoisotopic (exact) mass is 456 g/mol. The quantitative estimate of drug-likeness (QED) is 0.328. The van der Waals surface area contributed by atoms with Crippen LogP contribution in [0, 0.1) is 11.3 Å². The third-order valence-electron chi connectivity index (χ3n) is 3.97. The number of nitriles is 1. The second kappa shape index (κ2) is 10.2. The predicted molar refractivity (Wildman–Crippen MR) is 121 cm³/mol. The maximum atomic E-state index is 12.5. The molecule has 0 aliphatic rings. The molecule has 0 saturated heterocycles. The second-order valence-corrected chi connectivity index (χ2v) is 7.58. The van der Waals surface area contributed by atoms with Crippen LogP contribution >= 0.6 is 34.8 Å². The zero-order chi connectivity index (χ0) is 21.5. The zero-order valence-electron chi connectivity index (χ0n) is 15.5. The molecule has 0 aromatic heterocycles. The summed E-state index contributed by atoms with van der Waals surface area (Å²) in [5, 5.41) is 13.5. The van der Waals surface area contributed by atoms with Crippen molar-refractivity contribution in [3.05, 3.63) is 98.5 Å². The molecule has 0 unspecified atom stereocenters. The summed E-state index contributed by atoms with van der Waals surface area (Å²) in [6, 6.07) is 21.0. The van der Waals surface area contributed by atoms with Crippen LogP contribution in [-0.2, 0) is 11.4 Å². The van der Waals surface area contributed by atoms with E-state index < -0.39 is 5.91 Å². The summed E-state index contributed by atoms with van der Waals surface area (Å²) in [7, 11) is 0. The van der Waals surface area contributed by atoms with Crippen molar-refractivity contribution in [1.82, 2.24) is 0 Å². The molecule has 0 spiro atoms. The minimum Gasteiger partial charge on any atom is -0.489 e. The van der Waals surface area contributed by atoms with Crippen molar-refractivity contribution in [3.63, 3.8) is 0 Å². The van der Waals surface area contributed by atoms with Crippen molar-refractivity contribution in [2.45, 2.75) is 6.61 Å². The third-order valence-corrected chi connectivity index (χ3v) is 4.66. The van der Waals surface area contributed by atoms with Crippen molar-refractivity contribution in [2.75, 3.05) is 5.32 Å². The van der Waals surface area contributed by atoms with E-state index in [1.54, 1.807) is 54.6 Å². The molecular weight excluding hydrogens is 443 g/mol. The summed E-state index contributed by atoms with van der Waals surface area (Å²) in [5.74, 6) is 0.0429. The van der Waals surface area contributed by atoms with Gasteiger partial charge in [-0.05, 0) is 59.7 Å². The highest BCUT2D eigenvalue weighted by atomic mass is 35.5. The molecule has 4 nitrogen and oxygen atoms in total. The van der Waals surface area contributed by atoms with Crippen LogP contribution in [0.5, 0.6) is 5.75 Å². The Morgan fingerprint density at radius 3 is 2.33 bits per heavy atom. The molecule has 1 amide bonds. The molecule has 0 atom stereocenters. The third kappa shape index (κ3) is 6.27. The number of hydrogen-bond acceptors (Lipinski definition) is 3. The van der Waals surface area contributed by atoms with Crippen molar-refractivity contribution < 1.29 is 9.53 Å². The lowest BCUT2D eigenvalue weighted by Crippen LogP contribution is -2.13. The van der Waals surface area contributed by atoms with Crippen LogP contribution in [-0.4, -0.2) is 5.91 Å². The van der Waals surface area contributed by atoms with E-state index in [1.807, 2.05) is 18.2 Å². The summed E-state index contributed by atoms with van der Waals surface area (Å²) in [4.78, 5) is 12.5. The minimum absolute atomic E-state index is 0.0686. The van der Waals surface area contributed by atoms with Gasteiger partial charge in [0.2, 0.25) is 0 Å². The Bertz CT molecular complexity index is 1120. The van der Waals surface area contributed by atoms with E-state index in [-0.39, 0.29) is 5.57 Å². The Labute approximate surface area is 189 Å². The average Bonchev–Trinajstić information content (AvgIpc) is 2.71. The largest absolute Gasteiger partial charge is 0.489 e. The smallest absolute Gasteiger partial charge is 0.266 e. The van der Waals surface area contributed by atoms with Gasteiger partial charge in [-0.25, -0.2) is 0 Å². The van der Waals surface area contributed by atoms with E-state index in [0.29, 0.717) is 38.7 Å². The maximum absolute atomic E-state index is 12.5. The second-order valence-electron chi connectivity index (χ2n) is 6.27. The number of carbonyl (C=O) groups is 1. The molecule has 7 heteroatoms. The molecule has 0 heterocycles. The number of amides is 1. The lowest BCUT2D eigenvalue weighted by molar-refractivity contribution is -0.112. The number of nitrogens with zero attached hydrogens (tertiary/aromatic N) is 1. The molecule has 150 valence electrons. The summed E-state index contributed by atoms with van der Waals surface area (Å²) in [6.45, 7) is 0.367. The van der Waals surface area contributed by atoms with Gasteiger partial charge < -0.3 is 10.1 Å². The van der Waals surface area contributed by atoms with Gasteiger partial charge in [-0.2, -0.15) is 5.26 Å². The summed E-state index contributed by atoms with van der Waals surface area (Å²) in [5.41, 5.74) is 1.96. The molecule has 0 fully saturated rings. The van der Waals surface area contributed by atoms with Gasteiger partial charge in [-0.1, -0.05) is 59.1 Å². The van der Waals surface area contributed by atoms with Gasteiger partial charge in [-0.15, -0.1) is 0 Å². The van der Waals surface area contributed by atoms with E-state index in [2.05, 4.69) is 5.32 Å². The lowest BCUT2D eigenvalue weighted by atomic mass is 10.1. The van der Waals surface area contributed by atoms with Gasteiger partial charge in [0.05, 0.1) is 0 Å². The van der Waals surface area contributed by atoms with Gasteiger partial charge in [-0.3, -0.25) is 4.79 Å². The Morgan fingerprint density at radius 2 is 1.67 bits per heavy atom. The molecule has 30 heavy (non-hydrogen) atoms. The van der Waals surface area contributed by atoms with Crippen LogP contribution < -0.4 is 10.1 Å². The van der Waals surface area contributed by atoms with Crippen molar-refractivity contribution in [3.8, 4) is 11.8 Å². The molecule has 1 N–H and O–H groups in total. The highest BCUT2D eigenvalue weighted by Crippen LogP contribution is 2.23. The van der Waals surface area contributed by atoms with Crippen molar-refractivity contribution in [1.29, 1.82) is 5.26 Å². The van der Waals surface area contributed by atoms with Gasteiger partial charge >= 0.3 is 0 Å². The maximum Gasteiger partial charge on any atom is 0.266 e. The zero-order valence-corrected chi connectivity index (χ0v) is 17.8. The number of rotatable bonds is 6. The van der Waals surface area contributed by atoms with Gasteiger partial charge in [0.15, 0.2) is 0 Å². The fourth-order valence-electron chi connectivity index (χ4n) is 2.58. The fourth-order valence-corrected chi connectivity index (χ4v) is 3.23. The molecule has 3 rings (SSSR count). The van der Waals surface area contributed by atoms with Crippen molar-refractivity contribution in [2.24, 2.45) is 0 Å². The van der Waals surface area contributed by atoms with Crippen LogP contribution in [0.1, 0.15) is 11.1 Å². The van der Waals surface area contributed by atoms with Gasteiger partial charge in [0.25, 0.3) is 5.91 Å². The number of carbonyl (C=O) groups excluding carboxylic acids is 1. The first-order valence-electron chi connectivity index (χ1n) is 8.79. The van der Waals surface area contributed by atoms with Gasteiger partial charge in [0, 0.05) is 20.8 Å². The van der Waals surface area contributed by atoms with E-state index >= 15 is 0 Å². The molecule has 0 saturated carbocycles. The lowest BCUT2D eigenvalue weighted by Gasteiger charge is -2.08. The SMILES string of the molecule is N#C/C(=C\c1cccc(OCc2ccc(Cl)cc2)c1)C(=O)Nc1cc(Cl)cc(Cl)c1. The molecular formula is C23H15Cl3N2O2. The topological polar surface area (TPSA) is 62.1 Å². The van der Waals surface area contributed by atoms with Gasteiger partial charge in [0.1, 0.15) is 24.0 Å². The summed E-state index contributed by atoms with van der Waals surface area (Å²) >= 11 is 17.8. The molecule has 0 bridgehead atoms. The number of hydrogen-bond donors (Lipinski definition) is 1. The number of anilines is 1. The van der Waals surface area contributed by atoms with E-state index in [0.717, 1.165) is 5.56 Å². The number of halogens is 3.